The van der Waals surface area contributed by atoms with Crippen molar-refractivity contribution in [3.8, 4) is 11.5 Å². The van der Waals surface area contributed by atoms with Gasteiger partial charge >= 0.3 is 5.97 Å². The Balaban J connectivity index is 1.53. The Bertz CT molecular complexity index is 1010. The van der Waals surface area contributed by atoms with Crippen molar-refractivity contribution >= 4 is 29.2 Å². The minimum Gasteiger partial charge on any atom is -0.494 e. The van der Waals surface area contributed by atoms with Gasteiger partial charge in [0.15, 0.2) is 6.61 Å². The molecule has 0 aromatic heterocycles. The number of aryl methyl sites for hydroxylation is 1. The van der Waals surface area contributed by atoms with E-state index < -0.39 is 5.97 Å². The van der Waals surface area contributed by atoms with Crippen LogP contribution < -0.4 is 14.8 Å². The Morgan fingerprint density at radius 2 is 1.71 bits per heavy atom. The lowest BCUT2D eigenvalue weighted by Gasteiger charge is -2.15. The number of carbonyl (C=O) groups is 1. The van der Waals surface area contributed by atoms with Crippen LogP contribution in [0.15, 0.2) is 72.8 Å². The summed E-state index contributed by atoms with van der Waals surface area (Å²) in [7, 11) is 0. The number of halogens is 1. The lowest BCUT2D eigenvalue weighted by atomic mass is 10.1. The molecular weight excluding hydrogens is 454 g/mol. The molecule has 0 unspecified atom stereocenters. The van der Waals surface area contributed by atoms with Gasteiger partial charge in [0.1, 0.15) is 11.5 Å². The maximum Gasteiger partial charge on any atom is 0.344 e. The lowest BCUT2D eigenvalue weighted by Crippen LogP contribution is -2.15. The summed E-state index contributed by atoms with van der Waals surface area (Å²) in [5.74, 6) is 0.908. The van der Waals surface area contributed by atoms with E-state index >= 15 is 0 Å². The van der Waals surface area contributed by atoms with E-state index in [4.69, 9.17) is 30.4 Å². The molecule has 0 bridgehead atoms. The second-order valence-electron chi connectivity index (χ2n) is 7.62. The van der Waals surface area contributed by atoms with Gasteiger partial charge in [-0.15, -0.1) is 0 Å². The molecule has 34 heavy (non-hydrogen) atoms. The van der Waals surface area contributed by atoms with Gasteiger partial charge in [0.25, 0.3) is 0 Å². The van der Waals surface area contributed by atoms with Gasteiger partial charge in [-0.1, -0.05) is 36.4 Å². The molecule has 3 aromatic carbocycles. The summed E-state index contributed by atoms with van der Waals surface area (Å²) >= 11 is 5.41. The summed E-state index contributed by atoms with van der Waals surface area (Å²) < 4.78 is 21.2. The summed E-state index contributed by atoms with van der Waals surface area (Å²) in [4.78, 5) is 11.7. The molecule has 3 aromatic rings. The number of carbonyl (C=O) groups excluding carboxylic acids is 1. The van der Waals surface area contributed by atoms with Crippen molar-refractivity contribution in [3.05, 3.63) is 83.9 Å². The molecule has 0 saturated carbocycles. The van der Waals surface area contributed by atoms with Gasteiger partial charge in [-0.25, -0.2) is 4.79 Å². The number of hydrogen-bond donors (Lipinski definition) is 1. The standard InChI is InChI=1S/C27H30ClNO5/c1-2-31-27(30)20-33-26-16-11-22(19-34-28)18-25(26)29-23-12-14-24(15-13-23)32-17-7-6-10-21-8-4-3-5-9-21/h3-5,8-9,11-16,18,29H,2,6-7,10,17,19-20H2,1H3. The Morgan fingerprint density at radius 3 is 2.44 bits per heavy atom. The third kappa shape index (κ3) is 8.61. The number of anilines is 2. The highest BCUT2D eigenvalue weighted by Gasteiger charge is 2.10. The summed E-state index contributed by atoms with van der Waals surface area (Å²) in [6, 6.07) is 23.6. The smallest absolute Gasteiger partial charge is 0.344 e. The molecule has 7 heteroatoms. The average molecular weight is 484 g/mol. The fourth-order valence-electron chi connectivity index (χ4n) is 3.35. The Labute approximate surface area is 205 Å². The molecule has 180 valence electrons. The molecule has 6 nitrogen and oxygen atoms in total. The largest absolute Gasteiger partial charge is 0.494 e. The minimum absolute atomic E-state index is 0.176. The van der Waals surface area contributed by atoms with Gasteiger partial charge in [-0.3, -0.25) is 4.29 Å². The van der Waals surface area contributed by atoms with Crippen molar-refractivity contribution in [3.63, 3.8) is 0 Å². The quantitative estimate of drug-likeness (QED) is 0.210. The van der Waals surface area contributed by atoms with E-state index in [1.165, 1.54) is 5.56 Å². The maximum atomic E-state index is 11.7. The molecule has 0 fully saturated rings. The van der Waals surface area contributed by atoms with Gasteiger partial charge in [0, 0.05) is 5.69 Å². The second kappa shape index (κ2) is 14.1. The van der Waals surface area contributed by atoms with Crippen LogP contribution in [0.2, 0.25) is 0 Å². The van der Waals surface area contributed by atoms with E-state index in [1.54, 1.807) is 13.0 Å². The summed E-state index contributed by atoms with van der Waals surface area (Å²) in [6.07, 6.45) is 3.13. The normalized spacial score (nSPS) is 10.5. The molecule has 0 spiro atoms. The number of hydrogen-bond acceptors (Lipinski definition) is 6. The first-order valence-corrected chi connectivity index (χ1v) is 11.7. The van der Waals surface area contributed by atoms with Gasteiger partial charge in [-0.2, -0.15) is 0 Å². The van der Waals surface area contributed by atoms with E-state index in [2.05, 4.69) is 29.6 Å². The number of rotatable bonds is 14. The molecular formula is C27H30ClNO5. The zero-order valence-corrected chi connectivity index (χ0v) is 20.1. The highest BCUT2D eigenvalue weighted by Crippen LogP contribution is 2.30. The first-order chi connectivity index (χ1) is 16.7. The zero-order valence-electron chi connectivity index (χ0n) is 19.3. The van der Waals surface area contributed by atoms with Crippen LogP contribution in [0.3, 0.4) is 0 Å². The molecule has 1 N–H and O–H groups in total. The van der Waals surface area contributed by atoms with Crippen LogP contribution in [0.4, 0.5) is 11.4 Å². The van der Waals surface area contributed by atoms with Crippen LogP contribution in [-0.4, -0.2) is 25.8 Å². The van der Waals surface area contributed by atoms with Crippen LogP contribution in [0.5, 0.6) is 11.5 Å². The first-order valence-electron chi connectivity index (χ1n) is 11.4. The van der Waals surface area contributed by atoms with Crippen molar-refractivity contribution < 1.29 is 23.3 Å². The van der Waals surface area contributed by atoms with Crippen LogP contribution in [-0.2, 0) is 26.8 Å². The van der Waals surface area contributed by atoms with Crippen molar-refractivity contribution in [2.45, 2.75) is 32.8 Å². The van der Waals surface area contributed by atoms with E-state index in [0.717, 1.165) is 36.3 Å². The Kier molecular flexibility index (Phi) is 10.6. The van der Waals surface area contributed by atoms with Gasteiger partial charge in [-0.05, 0) is 73.7 Å². The SMILES string of the molecule is CCOC(=O)COc1ccc(COCl)cc1Nc1ccc(OCCCCc2ccccc2)cc1. The molecule has 0 aliphatic carbocycles. The summed E-state index contributed by atoms with van der Waals surface area (Å²) in [5.41, 5.74) is 3.74. The second-order valence-corrected chi connectivity index (χ2v) is 7.84. The maximum absolute atomic E-state index is 11.7. The number of unbranched alkanes of at least 4 members (excludes halogenated alkanes) is 1. The number of nitrogens with one attached hydrogen (secondary N) is 1. The lowest BCUT2D eigenvalue weighted by molar-refractivity contribution is -0.145. The van der Waals surface area contributed by atoms with Gasteiger partial charge in [0.2, 0.25) is 0 Å². The number of benzene rings is 3. The number of ether oxygens (including phenoxy) is 3. The monoisotopic (exact) mass is 483 g/mol. The molecule has 0 amide bonds. The highest BCUT2D eigenvalue weighted by molar-refractivity contribution is 6.07. The predicted molar refractivity (Wildman–Crippen MR) is 134 cm³/mol. The zero-order chi connectivity index (χ0) is 24.0. The van der Waals surface area contributed by atoms with Crippen molar-refractivity contribution in [1.82, 2.24) is 0 Å². The summed E-state index contributed by atoms with van der Waals surface area (Å²) in [6.45, 7) is 2.80. The molecule has 0 saturated heterocycles. The van der Waals surface area contributed by atoms with E-state index in [-0.39, 0.29) is 13.2 Å². The number of esters is 1. The molecule has 0 atom stereocenters. The highest BCUT2D eigenvalue weighted by atomic mass is 35.5. The fourth-order valence-corrected chi connectivity index (χ4v) is 3.47. The van der Waals surface area contributed by atoms with Crippen molar-refractivity contribution in [2.75, 3.05) is 25.1 Å². The molecule has 0 heterocycles. The van der Waals surface area contributed by atoms with Crippen LogP contribution in [0, 0.1) is 0 Å². The Morgan fingerprint density at radius 1 is 0.912 bits per heavy atom. The van der Waals surface area contributed by atoms with E-state index in [9.17, 15) is 4.79 Å². The molecule has 0 aliphatic rings. The van der Waals surface area contributed by atoms with Crippen LogP contribution in [0.1, 0.15) is 30.9 Å². The molecule has 0 aliphatic heterocycles. The van der Waals surface area contributed by atoms with Crippen molar-refractivity contribution in [1.29, 1.82) is 0 Å². The molecule has 0 radical (unpaired) electrons. The average Bonchev–Trinajstić information content (AvgIpc) is 2.85. The molecule has 3 rings (SSSR count). The van der Waals surface area contributed by atoms with Gasteiger partial charge in [0.05, 0.1) is 37.4 Å². The van der Waals surface area contributed by atoms with Gasteiger partial charge < -0.3 is 19.5 Å². The van der Waals surface area contributed by atoms with Crippen LogP contribution in [0.25, 0.3) is 0 Å². The van der Waals surface area contributed by atoms with Crippen molar-refractivity contribution in [2.24, 2.45) is 0 Å². The topological polar surface area (TPSA) is 66.0 Å². The Hall–Kier alpha value is -3.22. The summed E-state index contributed by atoms with van der Waals surface area (Å²) in [5, 5.41) is 3.32. The van der Waals surface area contributed by atoms with E-state index in [1.807, 2.05) is 42.5 Å². The third-order valence-electron chi connectivity index (χ3n) is 5.02. The van der Waals surface area contributed by atoms with E-state index in [0.29, 0.717) is 24.7 Å². The minimum atomic E-state index is -0.424. The third-order valence-corrected chi connectivity index (χ3v) is 5.13. The fraction of sp³-hybridized carbons (Fsp3) is 0.296. The first kappa shape index (κ1) is 25.4. The van der Waals surface area contributed by atoms with Crippen LogP contribution >= 0.6 is 11.9 Å². The predicted octanol–water partition coefficient (Wildman–Crippen LogP) is 6.44.